The summed E-state index contributed by atoms with van der Waals surface area (Å²) in [6.07, 6.45) is 2.24. The van der Waals surface area contributed by atoms with Crippen molar-refractivity contribution < 1.29 is 18.7 Å². The molecule has 3 aromatic carbocycles. The van der Waals surface area contributed by atoms with Gasteiger partial charge in [0.1, 0.15) is 18.2 Å². The quantitative estimate of drug-likeness (QED) is 0.608. The summed E-state index contributed by atoms with van der Waals surface area (Å²) in [5, 5.41) is 3.06. The Morgan fingerprint density at radius 2 is 1.70 bits per heavy atom. The molecule has 0 bridgehead atoms. The van der Waals surface area contributed by atoms with Crippen LogP contribution in [0.5, 0.6) is 5.75 Å². The minimum absolute atomic E-state index is 0.148. The summed E-state index contributed by atoms with van der Waals surface area (Å²) in [6.45, 7) is 1.32. The summed E-state index contributed by atoms with van der Waals surface area (Å²) < 4.78 is 24.7. The zero-order valence-electron chi connectivity index (χ0n) is 16.6. The number of benzene rings is 3. The van der Waals surface area contributed by atoms with E-state index in [9.17, 15) is 9.18 Å². The van der Waals surface area contributed by atoms with Crippen LogP contribution in [0.2, 0.25) is 0 Å². The second kappa shape index (κ2) is 9.55. The van der Waals surface area contributed by atoms with Crippen LogP contribution in [0.1, 0.15) is 40.4 Å². The first-order valence-electron chi connectivity index (χ1n) is 10.1. The maximum absolute atomic E-state index is 13.4. The van der Waals surface area contributed by atoms with Crippen molar-refractivity contribution in [1.29, 1.82) is 0 Å². The van der Waals surface area contributed by atoms with Gasteiger partial charge in [-0.25, -0.2) is 4.39 Å². The lowest BCUT2D eigenvalue weighted by Crippen LogP contribution is -2.29. The van der Waals surface area contributed by atoms with Gasteiger partial charge in [-0.15, -0.1) is 0 Å². The van der Waals surface area contributed by atoms with Gasteiger partial charge in [0.25, 0.3) is 5.91 Å². The van der Waals surface area contributed by atoms with E-state index in [0.29, 0.717) is 17.9 Å². The molecular weight excluding hydrogens is 381 g/mol. The van der Waals surface area contributed by atoms with Crippen LogP contribution in [-0.4, -0.2) is 25.2 Å². The highest BCUT2D eigenvalue weighted by atomic mass is 19.1. The number of carbonyl (C=O) groups excluding carboxylic acids is 1. The summed E-state index contributed by atoms with van der Waals surface area (Å²) in [7, 11) is 0. The van der Waals surface area contributed by atoms with Crippen LogP contribution in [0.25, 0.3) is 0 Å². The van der Waals surface area contributed by atoms with E-state index in [1.54, 1.807) is 36.4 Å². The molecule has 1 aliphatic heterocycles. The van der Waals surface area contributed by atoms with Crippen molar-refractivity contribution >= 4 is 5.91 Å². The molecule has 3 aromatic rings. The number of rotatable bonds is 7. The first-order valence-corrected chi connectivity index (χ1v) is 10.1. The number of carbonyl (C=O) groups is 1. The Balaban J connectivity index is 1.46. The predicted molar refractivity (Wildman–Crippen MR) is 113 cm³/mol. The van der Waals surface area contributed by atoms with Gasteiger partial charge in [0.05, 0.1) is 12.1 Å². The third kappa shape index (κ3) is 5.05. The SMILES string of the molecule is O=C(NC(c1ccccc1)c1ccc(F)cc1)c1ccc(OCC2CCCO2)cc1. The van der Waals surface area contributed by atoms with Gasteiger partial charge in [-0.1, -0.05) is 42.5 Å². The molecule has 0 radical (unpaired) electrons. The topological polar surface area (TPSA) is 47.6 Å². The molecule has 1 N–H and O–H groups in total. The maximum atomic E-state index is 13.4. The lowest BCUT2D eigenvalue weighted by molar-refractivity contribution is 0.0679. The normalized spacial score (nSPS) is 16.8. The summed E-state index contributed by atoms with van der Waals surface area (Å²) in [5.74, 6) is 0.189. The number of amides is 1. The number of hydrogen-bond acceptors (Lipinski definition) is 3. The molecule has 4 nitrogen and oxygen atoms in total. The number of halogens is 1. The third-order valence-corrected chi connectivity index (χ3v) is 5.19. The highest BCUT2D eigenvalue weighted by Crippen LogP contribution is 2.23. The highest BCUT2D eigenvalue weighted by molar-refractivity contribution is 5.94. The largest absolute Gasteiger partial charge is 0.491 e. The van der Waals surface area contributed by atoms with Crippen LogP contribution in [0.15, 0.2) is 78.9 Å². The fourth-order valence-corrected chi connectivity index (χ4v) is 3.54. The van der Waals surface area contributed by atoms with E-state index in [2.05, 4.69) is 5.32 Å². The van der Waals surface area contributed by atoms with Crippen molar-refractivity contribution in [2.75, 3.05) is 13.2 Å². The van der Waals surface area contributed by atoms with Gasteiger partial charge >= 0.3 is 0 Å². The van der Waals surface area contributed by atoms with Crippen LogP contribution >= 0.6 is 0 Å². The Bertz CT molecular complexity index is 952. The summed E-state index contributed by atoms with van der Waals surface area (Å²) in [4.78, 5) is 12.9. The lowest BCUT2D eigenvalue weighted by Gasteiger charge is -2.20. The minimum Gasteiger partial charge on any atom is -0.491 e. The van der Waals surface area contributed by atoms with E-state index in [4.69, 9.17) is 9.47 Å². The van der Waals surface area contributed by atoms with Gasteiger partial charge in [-0.3, -0.25) is 4.79 Å². The van der Waals surface area contributed by atoms with Crippen molar-refractivity contribution in [2.45, 2.75) is 25.0 Å². The first-order chi connectivity index (χ1) is 14.7. The van der Waals surface area contributed by atoms with E-state index in [1.165, 1.54) is 12.1 Å². The molecule has 1 fully saturated rings. The van der Waals surface area contributed by atoms with E-state index >= 15 is 0 Å². The van der Waals surface area contributed by atoms with Gasteiger partial charge in [0, 0.05) is 12.2 Å². The number of hydrogen-bond donors (Lipinski definition) is 1. The molecule has 1 aliphatic rings. The Kier molecular flexibility index (Phi) is 6.40. The summed E-state index contributed by atoms with van der Waals surface area (Å²) in [6, 6.07) is 22.5. The molecule has 0 spiro atoms. The minimum atomic E-state index is -0.380. The molecule has 2 atom stereocenters. The summed E-state index contributed by atoms with van der Waals surface area (Å²) >= 11 is 0. The third-order valence-electron chi connectivity index (χ3n) is 5.19. The number of nitrogens with one attached hydrogen (secondary N) is 1. The fourth-order valence-electron chi connectivity index (χ4n) is 3.54. The Hall–Kier alpha value is -3.18. The molecule has 0 aromatic heterocycles. The average molecular weight is 405 g/mol. The molecule has 1 saturated heterocycles. The second-order valence-corrected chi connectivity index (χ2v) is 7.34. The zero-order chi connectivity index (χ0) is 20.8. The smallest absolute Gasteiger partial charge is 0.252 e. The average Bonchev–Trinajstić information content (AvgIpc) is 3.31. The van der Waals surface area contributed by atoms with Gasteiger partial charge < -0.3 is 14.8 Å². The first kappa shape index (κ1) is 20.1. The van der Waals surface area contributed by atoms with Crippen molar-refractivity contribution in [2.24, 2.45) is 0 Å². The molecule has 0 saturated carbocycles. The lowest BCUT2D eigenvalue weighted by atomic mass is 9.98. The highest BCUT2D eigenvalue weighted by Gasteiger charge is 2.19. The molecule has 1 heterocycles. The Labute approximate surface area is 175 Å². The molecule has 30 heavy (non-hydrogen) atoms. The second-order valence-electron chi connectivity index (χ2n) is 7.34. The van der Waals surface area contributed by atoms with Gasteiger partial charge in [0.2, 0.25) is 0 Å². The van der Waals surface area contributed by atoms with Crippen LogP contribution in [-0.2, 0) is 4.74 Å². The summed E-state index contributed by atoms with van der Waals surface area (Å²) in [5.41, 5.74) is 2.27. The Morgan fingerprint density at radius 1 is 1.00 bits per heavy atom. The van der Waals surface area contributed by atoms with Crippen molar-refractivity contribution in [3.05, 3.63) is 101 Å². The van der Waals surface area contributed by atoms with Gasteiger partial charge in [-0.2, -0.15) is 0 Å². The van der Waals surface area contributed by atoms with Gasteiger partial charge in [0.15, 0.2) is 0 Å². The maximum Gasteiger partial charge on any atom is 0.252 e. The van der Waals surface area contributed by atoms with Crippen LogP contribution in [0, 0.1) is 5.82 Å². The van der Waals surface area contributed by atoms with Gasteiger partial charge in [-0.05, 0) is 60.4 Å². The van der Waals surface area contributed by atoms with Crippen LogP contribution in [0.3, 0.4) is 0 Å². The zero-order valence-corrected chi connectivity index (χ0v) is 16.6. The Morgan fingerprint density at radius 3 is 2.37 bits per heavy atom. The number of ether oxygens (including phenoxy) is 2. The van der Waals surface area contributed by atoms with Crippen molar-refractivity contribution in [3.8, 4) is 5.75 Å². The molecule has 1 amide bonds. The van der Waals surface area contributed by atoms with Crippen molar-refractivity contribution in [3.63, 3.8) is 0 Å². The van der Waals surface area contributed by atoms with E-state index in [1.807, 2.05) is 30.3 Å². The molecule has 0 aliphatic carbocycles. The molecule has 2 unspecified atom stereocenters. The monoisotopic (exact) mass is 405 g/mol. The van der Waals surface area contributed by atoms with E-state index < -0.39 is 0 Å². The van der Waals surface area contributed by atoms with Crippen LogP contribution in [0.4, 0.5) is 4.39 Å². The fraction of sp³-hybridized carbons (Fsp3) is 0.240. The standard InChI is InChI=1S/C25H24FNO3/c26-21-12-8-19(9-13-21)24(18-5-2-1-3-6-18)27-25(28)20-10-14-22(15-11-20)30-17-23-7-4-16-29-23/h1-3,5-6,8-15,23-24H,4,7,16-17H2,(H,27,28). The molecular formula is C25H24FNO3. The van der Waals surface area contributed by atoms with E-state index in [-0.39, 0.29) is 23.9 Å². The predicted octanol–water partition coefficient (Wildman–Crippen LogP) is 4.90. The molecule has 154 valence electrons. The van der Waals surface area contributed by atoms with Crippen molar-refractivity contribution in [1.82, 2.24) is 5.32 Å². The molecule has 5 heteroatoms. The van der Waals surface area contributed by atoms with E-state index in [0.717, 1.165) is 30.6 Å². The molecule has 4 rings (SSSR count). The van der Waals surface area contributed by atoms with Crippen LogP contribution < -0.4 is 10.1 Å².